The van der Waals surface area contributed by atoms with Crippen LogP contribution in [0.5, 0.6) is 0 Å². The van der Waals surface area contributed by atoms with Crippen LogP contribution in [0.2, 0.25) is 5.15 Å². The van der Waals surface area contributed by atoms with Gasteiger partial charge in [0, 0.05) is 23.8 Å². The van der Waals surface area contributed by atoms with Crippen LogP contribution in [0, 0.1) is 6.92 Å². The number of para-hydroxylation sites is 1. The van der Waals surface area contributed by atoms with E-state index in [1.54, 1.807) is 0 Å². The standard InChI is InChI=1S/C12H11ClN/c1-10-7-8-12(13)14(9-10)11-5-3-2-4-6-11/h2-9H,1H3/q+1. The molecule has 0 bridgehead atoms. The summed E-state index contributed by atoms with van der Waals surface area (Å²) < 4.78 is 1.97. The molecule has 70 valence electrons. The highest BCUT2D eigenvalue weighted by Gasteiger charge is 2.10. The molecule has 0 aliphatic heterocycles. The van der Waals surface area contributed by atoms with Crippen LogP contribution in [0.1, 0.15) is 5.56 Å². The third-order valence-corrected chi connectivity index (χ3v) is 2.39. The van der Waals surface area contributed by atoms with Gasteiger partial charge in [0.15, 0.2) is 6.20 Å². The summed E-state index contributed by atoms with van der Waals surface area (Å²) in [6.45, 7) is 2.05. The van der Waals surface area contributed by atoms with Crippen LogP contribution in [0.25, 0.3) is 5.69 Å². The molecule has 0 radical (unpaired) electrons. The molecule has 0 fully saturated rings. The normalized spacial score (nSPS) is 10.1. The number of rotatable bonds is 1. The summed E-state index contributed by atoms with van der Waals surface area (Å²) in [5, 5.41) is 0.724. The second-order valence-corrected chi connectivity index (χ2v) is 3.62. The number of pyridine rings is 1. The van der Waals surface area contributed by atoms with Crippen LogP contribution in [0.4, 0.5) is 0 Å². The summed E-state index contributed by atoms with van der Waals surface area (Å²) in [6, 6.07) is 14.0. The zero-order valence-electron chi connectivity index (χ0n) is 7.94. The number of hydrogen-bond acceptors (Lipinski definition) is 0. The Balaban J connectivity index is 2.57. The maximum atomic E-state index is 6.09. The quantitative estimate of drug-likeness (QED) is 0.497. The van der Waals surface area contributed by atoms with Gasteiger partial charge in [-0.1, -0.05) is 18.2 Å². The molecule has 1 heterocycles. The summed E-state index contributed by atoms with van der Waals surface area (Å²) in [6.07, 6.45) is 2.03. The van der Waals surface area contributed by atoms with E-state index in [0.29, 0.717) is 0 Å². The molecule has 0 aliphatic carbocycles. The molecule has 1 nitrogen and oxygen atoms in total. The first-order valence-electron chi connectivity index (χ1n) is 4.50. The van der Waals surface area contributed by atoms with Gasteiger partial charge in [0.2, 0.25) is 5.69 Å². The Kier molecular flexibility index (Phi) is 2.51. The lowest BCUT2D eigenvalue weighted by Crippen LogP contribution is -2.31. The van der Waals surface area contributed by atoms with Gasteiger partial charge >= 0.3 is 0 Å². The number of benzene rings is 1. The number of hydrogen-bond donors (Lipinski definition) is 0. The largest absolute Gasteiger partial charge is 0.280 e. The smallest absolute Gasteiger partial charge is 0.150 e. The molecule has 0 N–H and O–H groups in total. The third-order valence-electron chi connectivity index (χ3n) is 2.08. The predicted molar refractivity (Wildman–Crippen MR) is 57.7 cm³/mol. The van der Waals surface area contributed by atoms with Crippen LogP contribution in [-0.4, -0.2) is 0 Å². The lowest BCUT2D eigenvalue weighted by Gasteiger charge is -1.98. The maximum absolute atomic E-state index is 6.09. The average molecular weight is 205 g/mol. The van der Waals surface area contributed by atoms with Gasteiger partial charge in [-0.05, 0) is 24.6 Å². The molecule has 2 aromatic rings. The number of aryl methyl sites for hydroxylation is 1. The Hall–Kier alpha value is -1.34. The third kappa shape index (κ3) is 1.78. The topological polar surface area (TPSA) is 3.88 Å². The van der Waals surface area contributed by atoms with Crippen LogP contribution in [-0.2, 0) is 0 Å². The Morgan fingerprint density at radius 1 is 1.00 bits per heavy atom. The molecule has 1 aromatic heterocycles. The van der Waals surface area contributed by atoms with Crippen molar-refractivity contribution in [1.29, 1.82) is 0 Å². The summed E-state index contributed by atoms with van der Waals surface area (Å²) in [4.78, 5) is 0. The van der Waals surface area contributed by atoms with Gasteiger partial charge in [-0.2, -0.15) is 4.57 Å². The summed E-state index contributed by atoms with van der Waals surface area (Å²) in [7, 11) is 0. The average Bonchev–Trinajstić information content (AvgIpc) is 2.23. The summed E-state index contributed by atoms with van der Waals surface area (Å²) >= 11 is 6.09. The van der Waals surface area contributed by atoms with Gasteiger partial charge in [-0.25, -0.2) is 0 Å². The number of aromatic nitrogens is 1. The van der Waals surface area contributed by atoms with Gasteiger partial charge in [-0.3, -0.25) is 0 Å². The highest BCUT2D eigenvalue weighted by Crippen LogP contribution is 2.07. The molecule has 0 atom stereocenters. The van der Waals surface area contributed by atoms with Gasteiger partial charge in [-0.15, -0.1) is 0 Å². The van der Waals surface area contributed by atoms with Crippen molar-refractivity contribution in [2.75, 3.05) is 0 Å². The lowest BCUT2D eigenvalue weighted by atomic mass is 10.3. The van der Waals surface area contributed by atoms with Crippen LogP contribution < -0.4 is 4.57 Å². The highest BCUT2D eigenvalue weighted by molar-refractivity contribution is 6.28. The Labute approximate surface area is 88.6 Å². The van der Waals surface area contributed by atoms with Crippen molar-refractivity contribution in [3.8, 4) is 5.69 Å². The minimum absolute atomic E-state index is 0.724. The van der Waals surface area contributed by atoms with Crippen molar-refractivity contribution in [2.24, 2.45) is 0 Å². The molecule has 2 heteroatoms. The molecule has 0 spiro atoms. The Bertz CT molecular complexity index is 437. The van der Waals surface area contributed by atoms with E-state index in [0.717, 1.165) is 10.8 Å². The zero-order chi connectivity index (χ0) is 9.97. The summed E-state index contributed by atoms with van der Waals surface area (Å²) in [5.74, 6) is 0. The van der Waals surface area contributed by atoms with Crippen molar-refractivity contribution in [2.45, 2.75) is 6.92 Å². The molecular formula is C12H11ClN+. The van der Waals surface area contributed by atoms with E-state index in [-0.39, 0.29) is 0 Å². The fraction of sp³-hybridized carbons (Fsp3) is 0.0833. The van der Waals surface area contributed by atoms with Crippen LogP contribution in [0.3, 0.4) is 0 Å². The van der Waals surface area contributed by atoms with Gasteiger partial charge in [0.05, 0.1) is 0 Å². The lowest BCUT2D eigenvalue weighted by molar-refractivity contribution is -0.593. The first kappa shape index (κ1) is 9.22. The van der Waals surface area contributed by atoms with Crippen molar-refractivity contribution in [1.82, 2.24) is 0 Å². The minimum Gasteiger partial charge on any atom is -0.150 e. The molecule has 14 heavy (non-hydrogen) atoms. The second kappa shape index (κ2) is 3.81. The van der Waals surface area contributed by atoms with Crippen LogP contribution >= 0.6 is 11.6 Å². The fourth-order valence-corrected chi connectivity index (χ4v) is 1.58. The van der Waals surface area contributed by atoms with Gasteiger partial charge < -0.3 is 0 Å². The maximum Gasteiger partial charge on any atom is 0.280 e. The van der Waals surface area contributed by atoms with Gasteiger partial charge in [0.1, 0.15) is 0 Å². The first-order chi connectivity index (χ1) is 6.77. The van der Waals surface area contributed by atoms with E-state index in [1.807, 2.05) is 53.2 Å². The fourth-order valence-electron chi connectivity index (χ4n) is 1.38. The minimum atomic E-state index is 0.724. The van der Waals surface area contributed by atoms with Crippen molar-refractivity contribution < 1.29 is 4.57 Å². The molecule has 0 saturated carbocycles. The first-order valence-corrected chi connectivity index (χ1v) is 4.88. The van der Waals surface area contributed by atoms with Crippen molar-refractivity contribution in [3.63, 3.8) is 0 Å². The molecule has 0 saturated heterocycles. The van der Waals surface area contributed by atoms with E-state index in [4.69, 9.17) is 11.6 Å². The molecule has 2 rings (SSSR count). The predicted octanol–water partition coefficient (Wildman–Crippen LogP) is 2.93. The second-order valence-electron chi connectivity index (χ2n) is 3.23. The molecule has 0 aliphatic rings. The molecule has 1 aromatic carbocycles. The van der Waals surface area contributed by atoms with Crippen molar-refractivity contribution >= 4 is 11.6 Å². The van der Waals surface area contributed by atoms with E-state index in [2.05, 4.69) is 6.92 Å². The monoisotopic (exact) mass is 204 g/mol. The molecule has 0 unspecified atom stereocenters. The van der Waals surface area contributed by atoms with E-state index < -0.39 is 0 Å². The molecule has 0 amide bonds. The van der Waals surface area contributed by atoms with Crippen LogP contribution in [0.15, 0.2) is 48.7 Å². The Morgan fingerprint density at radius 2 is 1.71 bits per heavy atom. The van der Waals surface area contributed by atoms with E-state index in [1.165, 1.54) is 5.56 Å². The molecular weight excluding hydrogens is 194 g/mol. The Morgan fingerprint density at radius 3 is 2.43 bits per heavy atom. The number of halogens is 1. The SMILES string of the molecule is Cc1ccc(Cl)[n+](-c2ccccc2)c1. The summed E-state index contributed by atoms with van der Waals surface area (Å²) in [5.41, 5.74) is 2.28. The van der Waals surface area contributed by atoms with Crippen molar-refractivity contribution in [3.05, 3.63) is 59.4 Å². The van der Waals surface area contributed by atoms with Gasteiger partial charge in [0.25, 0.3) is 5.15 Å². The van der Waals surface area contributed by atoms with E-state index >= 15 is 0 Å². The number of nitrogens with zero attached hydrogens (tertiary/aromatic N) is 1. The highest BCUT2D eigenvalue weighted by atomic mass is 35.5. The van der Waals surface area contributed by atoms with E-state index in [9.17, 15) is 0 Å². The zero-order valence-corrected chi connectivity index (χ0v) is 8.70.